The molecule has 1 fully saturated rings. The molecule has 1 amide bonds. The van der Waals surface area contributed by atoms with Gasteiger partial charge in [0.05, 0.1) is 31.6 Å². The second-order valence-corrected chi connectivity index (χ2v) is 8.53. The number of ether oxygens (including phenoxy) is 1. The average Bonchev–Trinajstić information content (AvgIpc) is 3.21. The van der Waals surface area contributed by atoms with E-state index in [1.807, 2.05) is 25.1 Å². The molecule has 0 saturated carbocycles. The van der Waals surface area contributed by atoms with Gasteiger partial charge in [0.25, 0.3) is 0 Å². The number of thioether (sulfide) groups is 1. The van der Waals surface area contributed by atoms with Gasteiger partial charge in [0.2, 0.25) is 11.9 Å². The molecule has 0 bridgehead atoms. The molecule has 7 nitrogen and oxygen atoms in total. The number of amides is 1. The lowest BCUT2D eigenvalue weighted by Crippen LogP contribution is -2.38. The van der Waals surface area contributed by atoms with Gasteiger partial charge in [-0.05, 0) is 30.2 Å². The Morgan fingerprint density at radius 3 is 2.56 bits per heavy atom. The van der Waals surface area contributed by atoms with Crippen molar-refractivity contribution in [1.29, 1.82) is 0 Å². The molecule has 168 valence electrons. The van der Waals surface area contributed by atoms with Crippen molar-refractivity contribution in [3.8, 4) is 0 Å². The zero-order chi connectivity index (χ0) is 22.3. The fourth-order valence-electron chi connectivity index (χ4n) is 3.54. The van der Waals surface area contributed by atoms with E-state index in [2.05, 4.69) is 37.1 Å². The van der Waals surface area contributed by atoms with Gasteiger partial charge in [0.15, 0.2) is 5.16 Å². The second-order valence-electron chi connectivity index (χ2n) is 7.58. The maximum absolute atomic E-state index is 13.1. The number of hydrogen-bond donors (Lipinski definition) is 1. The highest BCUT2D eigenvalue weighted by Crippen LogP contribution is 2.24. The molecule has 0 radical (unpaired) electrons. The molecule has 1 atom stereocenters. The van der Waals surface area contributed by atoms with Crippen molar-refractivity contribution >= 4 is 23.6 Å². The zero-order valence-electron chi connectivity index (χ0n) is 17.9. The highest BCUT2D eigenvalue weighted by Gasteiger charge is 2.21. The van der Waals surface area contributed by atoms with Gasteiger partial charge in [-0.25, -0.2) is 4.39 Å². The molecule has 1 aromatic heterocycles. The van der Waals surface area contributed by atoms with E-state index < -0.39 is 0 Å². The van der Waals surface area contributed by atoms with E-state index in [9.17, 15) is 9.18 Å². The molecule has 0 aliphatic carbocycles. The number of benzene rings is 2. The number of carbonyl (C=O) groups excluding carboxylic acids is 1. The van der Waals surface area contributed by atoms with Crippen LogP contribution in [0.4, 0.5) is 10.3 Å². The van der Waals surface area contributed by atoms with Crippen LogP contribution < -0.4 is 10.2 Å². The molecular formula is C23H26FN5O2S. The molecule has 32 heavy (non-hydrogen) atoms. The number of nitrogens with zero attached hydrogens (tertiary/aromatic N) is 4. The van der Waals surface area contributed by atoms with Gasteiger partial charge in [-0.15, -0.1) is 10.2 Å². The standard InChI is InChI=1S/C23H26FN5O2S/c1-17(19-7-9-20(24)10-8-19)25-21(30)16-32-23-27-26-22(28-11-13-31-14-12-28)29(23)15-18-5-3-2-4-6-18/h2-10,17H,11-16H2,1H3,(H,25,30). The van der Waals surface area contributed by atoms with E-state index >= 15 is 0 Å². The molecule has 2 aromatic carbocycles. The predicted molar refractivity (Wildman–Crippen MR) is 122 cm³/mol. The maximum atomic E-state index is 13.1. The van der Waals surface area contributed by atoms with Crippen molar-refractivity contribution in [2.75, 3.05) is 37.0 Å². The zero-order valence-corrected chi connectivity index (χ0v) is 18.7. The topological polar surface area (TPSA) is 72.3 Å². The normalized spacial score (nSPS) is 14.9. The Balaban J connectivity index is 1.44. The van der Waals surface area contributed by atoms with Gasteiger partial charge in [0.1, 0.15) is 5.82 Å². The Hall–Kier alpha value is -2.91. The first kappa shape index (κ1) is 22.3. The quantitative estimate of drug-likeness (QED) is 0.526. The smallest absolute Gasteiger partial charge is 0.230 e. The monoisotopic (exact) mass is 455 g/mol. The van der Waals surface area contributed by atoms with Crippen molar-refractivity contribution in [3.63, 3.8) is 0 Å². The molecule has 3 aromatic rings. The van der Waals surface area contributed by atoms with Gasteiger partial charge in [0, 0.05) is 13.1 Å². The van der Waals surface area contributed by atoms with Crippen LogP contribution in [0.25, 0.3) is 0 Å². The third-order valence-corrected chi connectivity index (χ3v) is 6.22. The number of aromatic nitrogens is 3. The minimum absolute atomic E-state index is 0.117. The summed E-state index contributed by atoms with van der Waals surface area (Å²) >= 11 is 1.36. The molecule has 1 aliphatic heterocycles. The highest BCUT2D eigenvalue weighted by molar-refractivity contribution is 7.99. The first-order chi connectivity index (χ1) is 15.6. The van der Waals surface area contributed by atoms with Crippen LogP contribution in [0.3, 0.4) is 0 Å². The lowest BCUT2D eigenvalue weighted by atomic mass is 10.1. The molecule has 1 N–H and O–H groups in total. The number of nitrogens with one attached hydrogen (secondary N) is 1. The fraction of sp³-hybridized carbons (Fsp3) is 0.348. The molecular weight excluding hydrogens is 429 g/mol. The molecule has 2 heterocycles. The summed E-state index contributed by atoms with van der Waals surface area (Å²) in [7, 11) is 0. The summed E-state index contributed by atoms with van der Waals surface area (Å²) in [4.78, 5) is 14.7. The first-order valence-electron chi connectivity index (χ1n) is 10.6. The van der Waals surface area contributed by atoms with Gasteiger partial charge in [-0.2, -0.15) is 0 Å². The van der Waals surface area contributed by atoms with Crippen LogP contribution in [0.2, 0.25) is 0 Å². The number of carbonyl (C=O) groups is 1. The molecule has 9 heteroatoms. The largest absolute Gasteiger partial charge is 0.378 e. The van der Waals surface area contributed by atoms with E-state index in [1.54, 1.807) is 12.1 Å². The Morgan fingerprint density at radius 1 is 1.12 bits per heavy atom. The van der Waals surface area contributed by atoms with Crippen molar-refractivity contribution in [2.24, 2.45) is 0 Å². The summed E-state index contributed by atoms with van der Waals surface area (Å²) in [5, 5.41) is 12.5. The van der Waals surface area contributed by atoms with Crippen LogP contribution in [0.15, 0.2) is 59.8 Å². The Labute approximate surface area is 191 Å². The minimum atomic E-state index is -0.295. The van der Waals surface area contributed by atoms with Crippen LogP contribution in [-0.2, 0) is 16.1 Å². The number of rotatable bonds is 8. The van der Waals surface area contributed by atoms with Crippen LogP contribution in [-0.4, -0.2) is 52.7 Å². The first-order valence-corrected chi connectivity index (χ1v) is 11.6. The van der Waals surface area contributed by atoms with Crippen LogP contribution in [0.5, 0.6) is 0 Å². The number of halogens is 1. The average molecular weight is 456 g/mol. The molecule has 1 aliphatic rings. The number of hydrogen-bond acceptors (Lipinski definition) is 6. The van der Waals surface area contributed by atoms with Gasteiger partial charge >= 0.3 is 0 Å². The Morgan fingerprint density at radius 2 is 1.84 bits per heavy atom. The third kappa shape index (κ3) is 5.66. The lowest BCUT2D eigenvalue weighted by molar-refractivity contribution is -0.119. The van der Waals surface area contributed by atoms with Gasteiger partial charge in [-0.1, -0.05) is 54.2 Å². The second kappa shape index (κ2) is 10.6. The summed E-state index contributed by atoms with van der Waals surface area (Å²) in [5.41, 5.74) is 1.99. The molecule has 4 rings (SSSR count). The van der Waals surface area contributed by atoms with Crippen molar-refractivity contribution in [1.82, 2.24) is 20.1 Å². The highest BCUT2D eigenvalue weighted by atomic mass is 32.2. The summed E-state index contributed by atoms with van der Waals surface area (Å²) < 4.78 is 20.7. The molecule has 0 spiro atoms. The molecule has 1 saturated heterocycles. The van der Waals surface area contributed by atoms with Gasteiger partial charge in [-0.3, -0.25) is 9.36 Å². The Bertz CT molecular complexity index is 1020. The van der Waals surface area contributed by atoms with E-state index in [4.69, 9.17) is 4.74 Å². The third-order valence-electron chi connectivity index (χ3n) is 5.25. The number of morpholine rings is 1. The van der Waals surface area contributed by atoms with Gasteiger partial charge < -0.3 is 15.0 Å². The maximum Gasteiger partial charge on any atom is 0.230 e. The predicted octanol–water partition coefficient (Wildman–Crippen LogP) is 3.27. The summed E-state index contributed by atoms with van der Waals surface area (Å²) in [6, 6.07) is 16.1. The SMILES string of the molecule is CC(NC(=O)CSc1nnc(N2CCOCC2)n1Cc1ccccc1)c1ccc(F)cc1. The summed E-state index contributed by atoms with van der Waals surface area (Å²) in [6.45, 7) is 5.33. The summed E-state index contributed by atoms with van der Waals surface area (Å²) in [6.07, 6.45) is 0. The lowest BCUT2D eigenvalue weighted by Gasteiger charge is -2.28. The minimum Gasteiger partial charge on any atom is -0.378 e. The Kier molecular flexibility index (Phi) is 7.39. The van der Waals surface area contributed by atoms with Crippen LogP contribution >= 0.6 is 11.8 Å². The van der Waals surface area contributed by atoms with E-state index in [0.717, 1.165) is 30.2 Å². The summed E-state index contributed by atoms with van der Waals surface area (Å²) in [5.74, 6) is 0.590. The van der Waals surface area contributed by atoms with Crippen molar-refractivity contribution < 1.29 is 13.9 Å². The number of anilines is 1. The van der Waals surface area contributed by atoms with Crippen molar-refractivity contribution in [2.45, 2.75) is 24.7 Å². The van der Waals surface area contributed by atoms with E-state index in [1.165, 1.54) is 23.9 Å². The molecule has 1 unspecified atom stereocenters. The van der Waals surface area contributed by atoms with Crippen LogP contribution in [0, 0.1) is 5.82 Å². The van der Waals surface area contributed by atoms with Crippen molar-refractivity contribution in [3.05, 3.63) is 71.5 Å². The van der Waals surface area contributed by atoms with E-state index in [-0.39, 0.29) is 23.5 Å². The fourth-order valence-corrected chi connectivity index (χ4v) is 4.28. The van der Waals surface area contributed by atoms with E-state index in [0.29, 0.717) is 24.9 Å². The van der Waals surface area contributed by atoms with Crippen LogP contribution in [0.1, 0.15) is 24.1 Å².